The maximum absolute atomic E-state index is 14.1. The second-order valence-corrected chi connectivity index (χ2v) is 15.1. The summed E-state index contributed by atoms with van der Waals surface area (Å²) in [6, 6.07) is 7.62. The molecule has 3 N–H and O–H groups in total. The molecule has 8 atom stereocenters. The predicted molar refractivity (Wildman–Crippen MR) is 207 cm³/mol. The van der Waals surface area contributed by atoms with E-state index in [0.29, 0.717) is 25.9 Å². The molecule has 1 aliphatic heterocycles. The maximum atomic E-state index is 14.1. The summed E-state index contributed by atoms with van der Waals surface area (Å²) in [5.41, 5.74) is 0.928. The van der Waals surface area contributed by atoms with E-state index < -0.39 is 30.2 Å². The van der Waals surface area contributed by atoms with Gasteiger partial charge in [0.05, 0.1) is 49.2 Å². The Morgan fingerprint density at radius 3 is 2.11 bits per heavy atom. The van der Waals surface area contributed by atoms with Crippen LogP contribution in [0.1, 0.15) is 79.2 Å². The zero-order valence-corrected chi connectivity index (χ0v) is 34.1. The first-order valence-corrected chi connectivity index (χ1v) is 19.3. The normalized spacial score (nSPS) is 18.4. The Bertz CT molecular complexity index is 1300. The zero-order valence-electron chi connectivity index (χ0n) is 34.1. The third-order valence-electron chi connectivity index (χ3n) is 10.6. The van der Waals surface area contributed by atoms with E-state index >= 15 is 0 Å². The first-order chi connectivity index (χ1) is 25.1. The highest BCUT2D eigenvalue weighted by molar-refractivity contribution is 5.89. The third-order valence-corrected chi connectivity index (χ3v) is 10.6. The van der Waals surface area contributed by atoms with Gasteiger partial charge in [0.15, 0.2) is 0 Å². The number of carbonyl (C=O) groups is 5. The topological polar surface area (TPSA) is 150 Å². The Hall–Kier alpha value is -3.55. The molecule has 0 bridgehead atoms. The van der Waals surface area contributed by atoms with Crippen LogP contribution >= 0.6 is 0 Å². The SMILES string of the molecule is CCCNC(=O)C(Cc1ccccc1)NC(=O)C(C)C(OC)C1CCCN1C(=O)CC(OC)C(C(C)CC)N(C)C(=O)CNC(=O)C(C(C)C)N(C)C. The molecule has 2 rings (SSSR count). The van der Waals surface area contributed by atoms with Gasteiger partial charge in [-0.25, -0.2) is 0 Å². The molecule has 1 aliphatic rings. The third kappa shape index (κ3) is 13.1. The smallest absolute Gasteiger partial charge is 0.242 e. The van der Waals surface area contributed by atoms with Crippen molar-refractivity contribution in [3.8, 4) is 0 Å². The number of rotatable bonds is 22. The summed E-state index contributed by atoms with van der Waals surface area (Å²) in [4.78, 5) is 72.6. The Labute approximate surface area is 318 Å². The molecule has 5 amide bonds. The van der Waals surface area contributed by atoms with E-state index in [4.69, 9.17) is 9.47 Å². The number of nitrogens with zero attached hydrogens (tertiary/aromatic N) is 3. The highest BCUT2D eigenvalue weighted by atomic mass is 16.5. The molecule has 1 saturated heterocycles. The van der Waals surface area contributed by atoms with Crippen LogP contribution in [-0.2, 0) is 39.9 Å². The van der Waals surface area contributed by atoms with Crippen molar-refractivity contribution >= 4 is 29.5 Å². The molecule has 0 aliphatic carbocycles. The molecule has 0 spiro atoms. The number of likely N-dealkylation sites (tertiary alicyclic amines) is 1. The highest BCUT2D eigenvalue weighted by Crippen LogP contribution is 2.29. The Balaban J connectivity index is 2.20. The fraction of sp³-hybridized carbons (Fsp3) is 0.725. The Kier molecular flexibility index (Phi) is 19.5. The van der Waals surface area contributed by atoms with Crippen molar-refractivity contribution in [2.24, 2.45) is 17.8 Å². The lowest BCUT2D eigenvalue weighted by Gasteiger charge is -2.39. The first-order valence-electron chi connectivity index (χ1n) is 19.3. The van der Waals surface area contributed by atoms with Gasteiger partial charge in [0.2, 0.25) is 29.5 Å². The number of hydrogen-bond donors (Lipinski definition) is 3. The fourth-order valence-electron chi connectivity index (χ4n) is 7.58. The molecule has 53 heavy (non-hydrogen) atoms. The standard InChI is InChI=1S/C40H68N6O7/c1-12-21-41-39(50)30(23-29-18-15-14-16-19-29)43-38(49)28(6)37(53-11)31-20-17-22-46(31)33(47)24-32(52-10)36(27(5)13-2)45(9)34(48)25-42-40(51)35(26(3)4)44(7)8/h14-16,18-19,26-28,30-32,35-37H,12-13,17,20-25H2,1-11H3,(H,41,50)(H,42,51)(H,43,49). The molecule has 0 radical (unpaired) electrons. The van der Waals surface area contributed by atoms with Crippen LogP contribution in [0, 0.1) is 17.8 Å². The number of amides is 5. The van der Waals surface area contributed by atoms with Gasteiger partial charge in [0.1, 0.15) is 6.04 Å². The maximum Gasteiger partial charge on any atom is 0.242 e. The van der Waals surface area contributed by atoms with Crippen molar-refractivity contribution in [2.45, 2.75) is 116 Å². The van der Waals surface area contributed by atoms with Crippen molar-refractivity contribution in [1.82, 2.24) is 30.7 Å². The van der Waals surface area contributed by atoms with Crippen molar-refractivity contribution in [1.29, 1.82) is 0 Å². The van der Waals surface area contributed by atoms with Gasteiger partial charge >= 0.3 is 0 Å². The van der Waals surface area contributed by atoms with Gasteiger partial charge in [0.25, 0.3) is 0 Å². The molecule has 1 aromatic carbocycles. The Morgan fingerprint density at radius 2 is 1.57 bits per heavy atom. The molecular weight excluding hydrogens is 676 g/mol. The van der Waals surface area contributed by atoms with E-state index in [1.807, 2.05) is 83.9 Å². The largest absolute Gasteiger partial charge is 0.379 e. The summed E-state index contributed by atoms with van der Waals surface area (Å²) in [5.74, 6) is -1.82. The lowest BCUT2D eigenvalue weighted by atomic mass is 9.90. The number of methoxy groups -OCH3 is 2. The molecule has 300 valence electrons. The highest BCUT2D eigenvalue weighted by Gasteiger charge is 2.42. The summed E-state index contributed by atoms with van der Waals surface area (Å²) in [6.45, 7) is 12.6. The van der Waals surface area contributed by atoms with Crippen molar-refractivity contribution in [2.75, 3.05) is 55.0 Å². The van der Waals surface area contributed by atoms with Crippen molar-refractivity contribution in [3.63, 3.8) is 0 Å². The molecule has 13 heteroatoms. The molecule has 1 heterocycles. The van der Waals surface area contributed by atoms with Crippen LogP contribution in [0.2, 0.25) is 0 Å². The second kappa shape index (κ2) is 22.6. The second-order valence-electron chi connectivity index (χ2n) is 15.1. The summed E-state index contributed by atoms with van der Waals surface area (Å²) < 4.78 is 11.9. The van der Waals surface area contributed by atoms with Gasteiger partial charge in [-0.05, 0) is 50.8 Å². The fourth-order valence-corrected chi connectivity index (χ4v) is 7.58. The van der Waals surface area contributed by atoms with Gasteiger partial charge in [0, 0.05) is 40.8 Å². The quantitative estimate of drug-likeness (QED) is 0.164. The van der Waals surface area contributed by atoms with Crippen LogP contribution in [0.5, 0.6) is 0 Å². The molecular formula is C40H68N6O7. The van der Waals surface area contributed by atoms with Crippen LogP contribution in [0.3, 0.4) is 0 Å². The first kappa shape index (κ1) is 45.6. The van der Waals surface area contributed by atoms with Crippen molar-refractivity contribution < 1.29 is 33.4 Å². The summed E-state index contributed by atoms with van der Waals surface area (Å²) >= 11 is 0. The van der Waals surface area contributed by atoms with Crippen molar-refractivity contribution in [3.05, 3.63) is 35.9 Å². The summed E-state index contributed by atoms with van der Waals surface area (Å²) in [6.07, 6.45) is 2.05. The number of carbonyl (C=O) groups excluding carboxylic acids is 5. The molecule has 0 aromatic heterocycles. The van der Waals surface area contributed by atoms with Crippen LogP contribution in [0.15, 0.2) is 30.3 Å². The minimum absolute atomic E-state index is 0.00855. The number of nitrogens with one attached hydrogen (secondary N) is 3. The number of likely N-dealkylation sites (N-methyl/N-ethyl adjacent to an activating group) is 2. The summed E-state index contributed by atoms with van der Waals surface area (Å²) in [5, 5.41) is 8.68. The average Bonchev–Trinajstić information content (AvgIpc) is 3.62. The lowest BCUT2D eigenvalue weighted by Crippen LogP contribution is -2.55. The van der Waals surface area contributed by atoms with E-state index in [2.05, 4.69) is 16.0 Å². The average molecular weight is 745 g/mol. The molecule has 1 fully saturated rings. The summed E-state index contributed by atoms with van der Waals surface area (Å²) in [7, 11) is 8.46. The van der Waals surface area contributed by atoms with Crippen LogP contribution in [0.25, 0.3) is 0 Å². The van der Waals surface area contributed by atoms with Gasteiger partial charge in [-0.15, -0.1) is 0 Å². The van der Waals surface area contributed by atoms with Gasteiger partial charge in [-0.3, -0.25) is 28.9 Å². The van der Waals surface area contributed by atoms with E-state index in [1.165, 1.54) is 0 Å². The number of ether oxygens (including phenoxy) is 2. The molecule has 1 aromatic rings. The predicted octanol–water partition coefficient (Wildman–Crippen LogP) is 2.86. The van der Waals surface area contributed by atoms with Crippen LogP contribution < -0.4 is 16.0 Å². The zero-order chi connectivity index (χ0) is 39.8. The van der Waals surface area contributed by atoms with Crippen LogP contribution in [0.4, 0.5) is 0 Å². The van der Waals surface area contributed by atoms with Gasteiger partial charge < -0.3 is 35.2 Å². The minimum atomic E-state index is -0.768. The van der Waals surface area contributed by atoms with E-state index in [0.717, 1.165) is 24.8 Å². The van der Waals surface area contributed by atoms with E-state index in [9.17, 15) is 24.0 Å². The van der Waals surface area contributed by atoms with Gasteiger partial charge in [-0.2, -0.15) is 0 Å². The minimum Gasteiger partial charge on any atom is -0.379 e. The van der Waals surface area contributed by atoms with Crippen LogP contribution in [-0.4, -0.2) is 136 Å². The Morgan fingerprint density at radius 1 is 0.906 bits per heavy atom. The lowest BCUT2D eigenvalue weighted by molar-refractivity contribution is -0.146. The molecule has 13 nitrogen and oxygen atoms in total. The molecule has 8 unspecified atom stereocenters. The van der Waals surface area contributed by atoms with E-state index in [-0.39, 0.29) is 66.4 Å². The number of hydrogen-bond acceptors (Lipinski definition) is 8. The molecule has 0 saturated carbocycles. The number of benzene rings is 1. The monoisotopic (exact) mass is 745 g/mol. The van der Waals surface area contributed by atoms with E-state index in [1.54, 1.807) is 38.0 Å². The van der Waals surface area contributed by atoms with Gasteiger partial charge in [-0.1, -0.05) is 78.3 Å².